The highest BCUT2D eigenvalue weighted by Crippen LogP contribution is 2.67. The fourth-order valence-electron chi connectivity index (χ4n) is 1.62. The van der Waals surface area contributed by atoms with E-state index in [2.05, 4.69) is 27.7 Å². The molecule has 1 fully saturated rings. The lowest BCUT2D eigenvalue weighted by atomic mass is 10.0. The third-order valence-electron chi connectivity index (χ3n) is 3.28. The van der Waals surface area contributed by atoms with Gasteiger partial charge < -0.3 is 5.11 Å². The maximum atomic E-state index is 9.03. The van der Waals surface area contributed by atoms with Crippen LogP contribution in [-0.2, 0) is 0 Å². The minimum absolute atomic E-state index is 0.147. The third-order valence-corrected chi connectivity index (χ3v) is 3.28. The number of hydrogen-bond acceptors (Lipinski definition) is 1. The zero-order valence-electron chi connectivity index (χ0n) is 7.60. The Balaban J connectivity index is 2.72. The van der Waals surface area contributed by atoms with Crippen LogP contribution in [0.25, 0.3) is 0 Å². The Labute approximate surface area is 58.5 Å². The first-order valence-corrected chi connectivity index (χ1v) is 3.42. The van der Waals surface area contributed by atoms with E-state index in [1.54, 1.807) is 0 Å². The van der Waals surface area contributed by atoms with Gasteiger partial charge in [-0.3, -0.25) is 0 Å². The molecule has 0 spiro atoms. The van der Waals surface area contributed by atoms with Gasteiger partial charge in [0, 0.05) is 6.58 Å². The van der Waals surface area contributed by atoms with Gasteiger partial charge in [-0.05, 0) is 16.7 Å². The third kappa shape index (κ3) is 0.644. The van der Waals surface area contributed by atoms with Crippen molar-refractivity contribution in [2.45, 2.75) is 27.7 Å². The van der Waals surface area contributed by atoms with Crippen molar-refractivity contribution in [1.29, 1.82) is 0 Å². The van der Waals surface area contributed by atoms with Crippen molar-refractivity contribution in [3.63, 3.8) is 0 Å². The molecule has 0 amide bonds. The number of aliphatic hydroxyl groups excluding tert-OH is 1. The topological polar surface area (TPSA) is 20.2 Å². The van der Waals surface area contributed by atoms with Crippen LogP contribution in [0.1, 0.15) is 29.1 Å². The van der Waals surface area contributed by atoms with Crippen molar-refractivity contribution < 1.29 is 6.48 Å². The van der Waals surface area contributed by atoms with Crippen LogP contribution in [0.4, 0.5) is 0 Å². The molecule has 0 saturated heterocycles. The van der Waals surface area contributed by atoms with E-state index in [0.29, 0.717) is 0 Å². The van der Waals surface area contributed by atoms with Gasteiger partial charge in [0.15, 0.2) is 0 Å². The quantitative estimate of drug-likeness (QED) is 0.571. The summed E-state index contributed by atoms with van der Waals surface area (Å²) >= 11 is 0. The Morgan fingerprint density at radius 1 is 1.33 bits per heavy atom. The van der Waals surface area contributed by atoms with Gasteiger partial charge in [0.1, 0.15) is 0 Å². The zero-order valence-corrected chi connectivity index (χ0v) is 6.60. The summed E-state index contributed by atoms with van der Waals surface area (Å²) in [5.74, 6) is 0.153. The average molecular weight is 129 g/mol. The van der Waals surface area contributed by atoms with Gasteiger partial charge in [-0.25, -0.2) is 0 Å². The monoisotopic (exact) mass is 129 g/mol. The molecule has 0 aliphatic heterocycles. The molecule has 9 heavy (non-hydrogen) atoms. The summed E-state index contributed by atoms with van der Waals surface area (Å²) < 4.78 is 7.16. The molecule has 1 unspecified atom stereocenters. The first-order valence-electron chi connectivity index (χ1n) is 4.00. The summed E-state index contributed by atoms with van der Waals surface area (Å²) in [6.07, 6.45) is 0. The van der Waals surface area contributed by atoms with E-state index in [0.717, 1.165) is 0 Å². The van der Waals surface area contributed by atoms with Crippen molar-refractivity contribution >= 4 is 0 Å². The fourth-order valence-corrected chi connectivity index (χ4v) is 1.62. The van der Waals surface area contributed by atoms with Gasteiger partial charge in [0.2, 0.25) is 0 Å². The van der Waals surface area contributed by atoms with Crippen molar-refractivity contribution in [3.8, 4) is 0 Å². The maximum absolute atomic E-state index is 9.03. The Hall–Kier alpha value is -0.0400. The Morgan fingerprint density at radius 2 is 1.67 bits per heavy atom. The Morgan fingerprint density at radius 3 is 1.67 bits per heavy atom. The summed E-state index contributed by atoms with van der Waals surface area (Å²) in [7, 11) is 0. The Bertz CT molecular complexity index is 135. The molecule has 1 aliphatic rings. The number of hydrogen-bond donors (Lipinski definition) is 1. The lowest BCUT2D eigenvalue weighted by molar-refractivity contribution is 0.250. The normalized spacial score (nSPS) is 35.4. The molecule has 0 aromatic heterocycles. The van der Waals surface area contributed by atoms with E-state index in [-0.39, 0.29) is 16.7 Å². The predicted molar refractivity (Wildman–Crippen MR) is 38.1 cm³/mol. The predicted octanol–water partition coefficient (Wildman–Crippen LogP) is 1.66. The first-order chi connectivity index (χ1) is 4.32. The van der Waals surface area contributed by atoms with Crippen LogP contribution in [0.2, 0.25) is 0 Å². The zero-order chi connectivity index (χ0) is 8.15. The average Bonchev–Trinajstić information content (AvgIpc) is 1.97. The molecule has 1 atom stereocenters. The van der Waals surface area contributed by atoms with Gasteiger partial charge in [-0.2, -0.15) is 0 Å². The Kier molecular flexibility index (Phi) is 0.963. The van der Waals surface area contributed by atoms with Crippen molar-refractivity contribution in [2.75, 3.05) is 6.58 Å². The second-order valence-corrected chi connectivity index (χ2v) is 4.07. The van der Waals surface area contributed by atoms with Gasteiger partial charge in [0.25, 0.3) is 0 Å². The second-order valence-electron chi connectivity index (χ2n) is 4.07. The minimum atomic E-state index is -0.898. The van der Waals surface area contributed by atoms with Crippen LogP contribution >= 0.6 is 0 Å². The molecular weight excluding hydrogens is 112 g/mol. The van der Waals surface area contributed by atoms with Crippen LogP contribution in [0, 0.1) is 16.7 Å². The van der Waals surface area contributed by atoms with Crippen LogP contribution in [0.3, 0.4) is 0 Å². The van der Waals surface area contributed by atoms with E-state index < -0.39 is 6.58 Å². The highest BCUT2D eigenvalue weighted by Gasteiger charge is 2.63. The SMILES string of the molecule is [2H]C(O)C1C(C)(C)C1(C)C. The summed E-state index contributed by atoms with van der Waals surface area (Å²) in [6, 6.07) is 0. The maximum Gasteiger partial charge on any atom is 0.0567 e. The van der Waals surface area contributed by atoms with Crippen LogP contribution in [-0.4, -0.2) is 11.7 Å². The smallest absolute Gasteiger partial charge is 0.0567 e. The molecule has 54 valence electrons. The molecule has 0 bridgehead atoms. The van der Waals surface area contributed by atoms with Gasteiger partial charge >= 0.3 is 0 Å². The van der Waals surface area contributed by atoms with E-state index in [1.165, 1.54) is 0 Å². The molecular formula is C8H16O. The molecule has 1 rings (SSSR count). The number of aliphatic hydroxyl groups is 1. The lowest BCUT2D eigenvalue weighted by Gasteiger charge is -2.04. The lowest BCUT2D eigenvalue weighted by Crippen LogP contribution is -1.95. The number of rotatable bonds is 1. The summed E-state index contributed by atoms with van der Waals surface area (Å²) in [4.78, 5) is 0. The molecule has 0 aromatic carbocycles. The molecule has 0 heterocycles. The van der Waals surface area contributed by atoms with Gasteiger partial charge in [-0.15, -0.1) is 0 Å². The van der Waals surface area contributed by atoms with Gasteiger partial charge in [-0.1, -0.05) is 27.7 Å². The van der Waals surface area contributed by atoms with Crippen molar-refractivity contribution in [2.24, 2.45) is 16.7 Å². The summed E-state index contributed by atoms with van der Waals surface area (Å²) in [5.41, 5.74) is 0.294. The second kappa shape index (κ2) is 1.51. The van der Waals surface area contributed by atoms with Crippen LogP contribution < -0.4 is 0 Å². The summed E-state index contributed by atoms with van der Waals surface area (Å²) in [5, 5.41) is 9.03. The van der Waals surface area contributed by atoms with Crippen LogP contribution in [0.15, 0.2) is 0 Å². The molecule has 1 nitrogen and oxygen atoms in total. The van der Waals surface area contributed by atoms with Gasteiger partial charge in [0.05, 0.1) is 1.37 Å². The molecule has 1 aliphatic carbocycles. The molecule has 1 heteroatoms. The fraction of sp³-hybridized carbons (Fsp3) is 1.00. The molecule has 0 aromatic rings. The molecule has 1 N–H and O–H groups in total. The molecule has 1 saturated carbocycles. The highest BCUT2D eigenvalue weighted by molar-refractivity contribution is 5.11. The largest absolute Gasteiger partial charge is 0.396 e. The first kappa shape index (κ1) is 5.72. The van der Waals surface area contributed by atoms with Crippen molar-refractivity contribution in [1.82, 2.24) is 0 Å². The molecule has 0 radical (unpaired) electrons. The highest BCUT2D eigenvalue weighted by atomic mass is 16.3. The van der Waals surface area contributed by atoms with E-state index in [1.807, 2.05) is 0 Å². The van der Waals surface area contributed by atoms with Crippen LogP contribution in [0.5, 0.6) is 0 Å². The standard InChI is InChI=1S/C8H16O/c1-7(2)6(5-9)8(7,3)4/h6,9H,5H2,1-4H3/i5D. The minimum Gasteiger partial charge on any atom is -0.396 e. The van der Waals surface area contributed by atoms with Crippen molar-refractivity contribution in [3.05, 3.63) is 0 Å². The summed E-state index contributed by atoms with van der Waals surface area (Å²) in [6.45, 7) is 7.53. The van der Waals surface area contributed by atoms with E-state index >= 15 is 0 Å². The van der Waals surface area contributed by atoms with E-state index in [9.17, 15) is 0 Å². The van der Waals surface area contributed by atoms with E-state index in [4.69, 9.17) is 6.48 Å².